The van der Waals surface area contributed by atoms with Gasteiger partial charge >= 0.3 is 0 Å². The maximum atomic E-state index is 12.6. The van der Waals surface area contributed by atoms with E-state index in [0.717, 1.165) is 22.5 Å². The number of aromatic nitrogens is 2. The Bertz CT molecular complexity index is 1350. The van der Waals surface area contributed by atoms with Crippen LogP contribution in [-0.4, -0.2) is 18.0 Å². The van der Waals surface area contributed by atoms with Gasteiger partial charge < -0.3 is 9.97 Å². The van der Waals surface area contributed by atoms with Gasteiger partial charge in [0.1, 0.15) is 0 Å². The molecule has 0 atom stereocenters. The summed E-state index contributed by atoms with van der Waals surface area (Å²) in [5.74, 6) is -0.278. The fraction of sp³-hybridized carbons (Fsp3) is 0.0968. The fourth-order valence-electron chi connectivity index (χ4n) is 3.56. The Balaban J connectivity index is 0.000000221. The third-order valence-electron chi connectivity index (χ3n) is 5.54. The van der Waals surface area contributed by atoms with Crippen LogP contribution in [0.1, 0.15) is 0 Å². The first kappa shape index (κ1) is 27.3. The third kappa shape index (κ3) is 7.38. The van der Waals surface area contributed by atoms with Gasteiger partial charge in [-0.2, -0.15) is 0 Å². The van der Waals surface area contributed by atoms with Gasteiger partial charge in [0.2, 0.25) is 0 Å². The maximum Gasteiger partial charge on any atom is 0.0775 e. The molecular weight excluding hydrogens is 640 g/mol. The molecule has 0 spiro atoms. The zero-order chi connectivity index (χ0) is 24.7. The van der Waals surface area contributed by atoms with E-state index in [-0.39, 0.29) is 25.9 Å². The van der Waals surface area contributed by atoms with E-state index in [9.17, 15) is 4.39 Å². The van der Waals surface area contributed by atoms with E-state index >= 15 is 0 Å². The van der Waals surface area contributed by atoms with E-state index < -0.39 is 8.07 Å². The molecule has 0 saturated carbocycles. The fourth-order valence-corrected chi connectivity index (χ4v) is 4.73. The van der Waals surface area contributed by atoms with E-state index in [1.807, 2.05) is 48.7 Å². The molecule has 0 bridgehead atoms. The SMILES string of the molecule is C[Si](C)(C)c1ccc(-c2ccnc(-c3[c-]cccc3)c2)cc1.Fc1c[c-]c(-c2ccccn2)cc1.[Ir]. The normalized spacial score (nSPS) is 10.6. The van der Waals surface area contributed by atoms with Crippen molar-refractivity contribution in [1.82, 2.24) is 9.97 Å². The molecule has 5 rings (SSSR count). The van der Waals surface area contributed by atoms with Crippen molar-refractivity contribution in [3.05, 3.63) is 127 Å². The van der Waals surface area contributed by atoms with E-state index in [4.69, 9.17) is 0 Å². The minimum Gasteiger partial charge on any atom is -0.305 e. The Labute approximate surface area is 227 Å². The summed E-state index contributed by atoms with van der Waals surface area (Å²) >= 11 is 0. The molecule has 36 heavy (non-hydrogen) atoms. The Morgan fingerprint density at radius 2 is 1.39 bits per heavy atom. The van der Waals surface area contributed by atoms with Crippen LogP contribution in [0.5, 0.6) is 0 Å². The van der Waals surface area contributed by atoms with E-state index in [1.54, 1.807) is 12.3 Å². The van der Waals surface area contributed by atoms with Crippen LogP contribution in [0.2, 0.25) is 19.6 Å². The van der Waals surface area contributed by atoms with Gasteiger partial charge in [-0.15, -0.1) is 65.7 Å². The second-order valence-corrected chi connectivity index (χ2v) is 14.2. The molecule has 0 unspecified atom stereocenters. The summed E-state index contributed by atoms with van der Waals surface area (Å²) in [7, 11) is -1.24. The van der Waals surface area contributed by atoms with Crippen molar-refractivity contribution in [2.24, 2.45) is 0 Å². The molecule has 2 aromatic heterocycles. The molecule has 2 nitrogen and oxygen atoms in total. The van der Waals surface area contributed by atoms with Crippen molar-refractivity contribution in [1.29, 1.82) is 0 Å². The summed E-state index contributed by atoms with van der Waals surface area (Å²) in [6, 6.07) is 37.2. The maximum absolute atomic E-state index is 12.6. The van der Waals surface area contributed by atoms with Crippen LogP contribution in [0, 0.1) is 17.9 Å². The first-order chi connectivity index (χ1) is 16.9. The third-order valence-corrected chi connectivity index (χ3v) is 7.61. The number of nitrogens with zero attached hydrogens (tertiary/aromatic N) is 2. The largest absolute Gasteiger partial charge is 0.305 e. The van der Waals surface area contributed by atoms with Gasteiger partial charge in [-0.05, 0) is 34.6 Å². The summed E-state index contributed by atoms with van der Waals surface area (Å²) < 4.78 is 12.6. The zero-order valence-corrected chi connectivity index (χ0v) is 23.9. The van der Waals surface area contributed by atoms with Crippen molar-refractivity contribution < 1.29 is 24.5 Å². The molecule has 183 valence electrons. The molecule has 1 radical (unpaired) electrons. The molecule has 0 aliphatic rings. The molecule has 5 heteroatoms. The number of benzene rings is 3. The van der Waals surface area contributed by atoms with Crippen molar-refractivity contribution in [3.63, 3.8) is 0 Å². The molecule has 3 aromatic carbocycles. The Kier molecular flexibility index (Phi) is 9.60. The van der Waals surface area contributed by atoms with E-state index in [1.165, 1.54) is 28.4 Å². The summed E-state index contributed by atoms with van der Waals surface area (Å²) in [5.41, 5.74) is 6.05. The van der Waals surface area contributed by atoms with Gasteiger partial charge in [0.05, 0.1) is 8.07 Å². The predicted molar refractivity (Wildman–Crippen MR) is 145 cm³/mol. The van der Waals surface area contributed by atoms with Crippen LogP contribution in [0.4, 0.5) is 4.39 Å². The molecule has 0 saturated heterocycles. The van der Waals surface area contributed by atoms with Gasteiger partial charge in [-0.25, -0.2) is 0 Å². The first-order valence-electron chi connectivity index (χ1n) is 11.5. The summed E-state index contributed by atoms with van der Waals surface area (Å²) in [4.78, 5) is 8.59. The molecule has 0 aliphatic heterocycles. The Hall–Kier alpha value is -3.24. The number of pyridine rings is 2. The minimum absolute atomic E-state index is 0. The van der Waals surface area contributed by atoms with Gasteiger partial charge in [0.25, 0.3) is 0 Å². The number of hydrogen-bond acceptors (Lipinski definition) is 2. The van der Waals surface area contributed by atoms with Gasteiger partial charge in [0, 0.05) is 38.3 Å². The topological polar surface area (TPSA) is 25.8 Å². The average Bonchev–Trinajstić information content (AvgIpc) is 2.90. The van der Waals surface area contributed by atoms with E-state index in [2.05, 4.69) is 78.1 Å². The number of halogens is 1. The number of hydrogen-bond donors (Lipinski definition) is 0. The van der Waals surface area contributed by atoms with E-state index in [0.29, 0.717) is 0 Å². The van der Waals surface area contributed by atoms with Crippen molar-refractivity contribution >= 4 is 13.3 Å². The molecule has 2 heterocycles. The Morgan fingerprint density at radius 3 is 2.00 bits per heavy atom. The molecule has 5 aromatic rings. The second kappa shape index (κ2) is 12.6. The van der Waals surface area contributed by atoms with Crippen LogP contribution in [0.25, 0.3) is 33.6 Å². The van der Waals surface area contributed by atoms with Crippen molar-refractivity contribution in [2.75, 3.05) is 0 Å². The molecule has 0 N–H and O–H groups in total. The minimum atomic E-state index is -1.24. The van der Waals surface area contributed by atoms with Crippen LogP contribution in [0.15, 0.2) is 109 Å². The smallest absolute Gasteiger partial charge is 0.0775 e. The summed E-state index contributed by atoms with van der Waals surface area (Å²) in [6.45, 7) is 7.12. The van der Waals surface area contributed by atoms with Gasteiger partial charge in [0.15, 0.2) is 0 Å². The summed E-state index contributed by atoms with van der Waals surface area (Å²) in [5, 5.41) is 1.49. The second-order valence-electron chi connectivity index (χ2n) is 9.17. The average molecular weight is 667 g/mol. The van der Waals surface area contributed by atoms with Crippen LogP contribution in [-0.2, 0) is 20.1 Å². The van der Waals surface area contributed by atoms with Gasteiger partial charge in [-0.1, -0.05) is 67.3 Å². The van der Waals surface area contributed by atoms with Crippen molar-refractivity contribution in [2.45, 2.75) is 19.6 Å². The van der Waals surface area contributed by atoms with Crippen LogP contribution < -0.4 is 5.19 Å². The monoisotopic (exact) mass is 667 g/mol. The standard InChI is InChI=1S/C20H20NSi.C11H7FN.Ir/c1-22(2,3)19-11-9-16(10-12-19)18-13-14-21-20(15-18)17-7-5-4-6-8-17;12-10-6-4-9(5-7-10)11-3-1-2-8-13-11;/h4-7,9-15H,1-3H3;1-4,6-8H;/q2*-1;. The molecule has 0 amide bonds. The molecule has 0 aliphatic carbocycles. The predicted octanol–water partition coefficient (Wildman–Crippen LogP) is 7.45. The quantitative estimate of drug-likeness (QED) is 0.147. The molecule has 0 fully saturated rings. The van der Waals surface area contributed by atoms with Gasteiger partial charge in [-0.3, -0.25) is 4.39 Å². The van der Waals surface area contributed by atoms with Crippen molar-refractivity contribution in [3.8, 4) is 33.6 Å². The number of rotatable bonds is 4. The first-order valence-corrected chi connectivity index (χ1v) is 15.0. The Morgan fingerprint density at radius 1 is 0.667 bits per heavy atom. The zero-order valence-electron chi connectivity index (χ0n) is 20.5. The summed E-state index contributed by atoms with van der Waals surface area (Å²) in [6.07, 6.45) is 3.57. The van der Waals surface area contributed by atoms with Crippen LogP contribution >= 0.6 is 0 Å². The molecular formula is C31H27FIrN2Si-2. The van der Waals surface area contributed by atoms with Crippen LogP contribution in [0.3, 0.4) is 0 Å².